The molecule has 1 atom stereocenters. The van der Waals surface area contributed by atoms with E-state index in [1.165, 1.54) is 11.6 Å². The Bertz CT molecular complexity index is 701. The summed E-state index contributed by atoms with van der Waals surface area (Å²) in [5.41, 5.74) is 2.50. The van der Waals surface area contributed by atoms with Gasteiger partial charge in [-0.1, -0.05) is 0 Å². The summed E-state index contributed by atoms with van der Waals surface area (Å²) in [5.74, 6) is -0.259. The van der Waals surface area contributed by atoms with Crippen molar-refractivity contribution in [2.45, 2.75) is 11.2 Å². The fourth-order valence-electron chi connectivity index (χ4n) is 2.59. The Hall–Kier alpha value is -2.10. The number of benzene rings is 1. The van der Waals surface area contributed by atoms with Gasteiger partial charge in [-0.15, -0.1) is 0 Å². The van der Waals surface area contributed by atoms with Crippen LogP contribution in [0, 0.1) is 0 Å². The molecule has 0 saturated heterocycles. The topological polar surface area (TPSA) is 51.2 Å². The fraction of sp³-hybridized carbons (Fsp3) is 0.222. The van der Waals surface area contributed by atoms with Gasteiger partial charge < -0.3 is 0 Å². The van der Waals surface area contributed by atoms with Crippen LogP contribution in [0.1, 0.15) is 12.0 Å². The summed E-state index contributed by atoms with van der Waals surface area (Å²) in [4.78, 5) is 16.8. The average molecular weight is 373 g/mol. The molecule has 2 heterocycles. The predicted molar refractivity (Wildman–Crippen MR) is 91.4 cm³/mol. The Balaban J connectivity index is 1.85. The number of hydrogen-bond donors (Lipinski definition) is 1. The molecule has 5 heteroatoms. The van der Waals surface area contributed by atoms with Gasteiger partial charge in [0.15, 0.2) is 0 Å². The van der Waals surface area contributed by atoms with E-state index < -0.39 is 0 Å². The number of ether oxygens (including phenoxy) is 1. The van der Waals surface area contributed by atoms with E-state index in [1.54, 1.807) is 12.4 Å². The Morgan fingerprint density at radius 3 is 2.78 bits per heavy atom. The third kappa shape index (κ3) is 3.81. The number of hydrogen-bond acceptors (Lipinski definition) is 4. The number of pyridine rings is 1. The molecule has 1 aromatic heterocycles. The van der Waals surface area contributed by atoms with E-state index in [0.717, 1.165) is 29.8 Å². The summed E-state index contributed by atoms with van der Waals surface area (Å²) in [6, 6.07) is 14.3. The summed E-state index contributed by atoms with van der Waals surface area (Å²) < 4.78 is 6.34. The molecule has 0 radical (unpaired) electrons. The molecule has 118 valence electrons. The molecule has 1 N–H and O–H groups in total. The Kier molecular flexibility index (Phi) is 5.11. The predicted octanol–water partition coefficient (Wildman–Crippen LogP) is 1.78. The molecule has 2 aromatic rings. The van der Waals surface area contributed by atoms with Gasteiger partial charge in [0.1, 0.15) is 0 Å². The van der Waals surface area contributed by atoms with E-state index in [2.05, 4.69) is 34.6 Å². The quantitative estimate of drug-likeness (QED) is 0.656. The molecule has 0 amide bonds. The number of carbonyl (C=O) groups excluding carboxylic acids is 1. The van der Waals surface area contributed by atoms with Crippen molar-refractivity contribution < 1.29 is 9.53 Å². The van der Waals surface area contributed by atoms with Gasteiger partial charge in [0.05, 0.1) is 0 Å². The molecule has 4 nitrogen and oxygen atoms in total. The first-order chi connectivity index (χ1) is 11.3. The second-order valence-electron chi connectivity index (χ2n) is 5.22. The SMILES string of the molecule is COC(=O)C1=C(c2cccnc2)NCC([Se]c2ccccc2)C1. The number of methoxy groups -OCH3 is 1. The zero-order valence-electron chi connectivity index (χ0n) is 12.9. The van der Waals surface area contributed by atoms with Crippen LogP contribution < -0.4 is 9.78 Å². The van der Waals surface area contributed by atoms with Gasteiger partial charge in [-0.25, -0.2) is 0 Å². The van der Waals surface area contributed by atoms with Gasteiger partial charge in [0, 0.05) is 0 Å². The van der Waals surface area contributed by atoms with E-state index in [9.17, 15) is 4.79 Å². The van der Waals surface area contributed by atoms with Crippen LogP contribution >= 0.6 is 0 Å². The third-order valence-corrected chi connectivity index (χ3v) is 6.21. The number of nitrogens with one attached hydrogen (secondary N) is 1. The molecule has 1 aliphatic rings. The van der Waals surface area contributed by atoms with Crippen molar-refractivity contribution in [1.82, 2.24) is 10.3 Å². The zero-order valence-corrected chi connectivity index (χ0v) is 14.6. The molecular formula is C18H18N2O2Se. The van der Waals surface area contributed by atoms with Crippen molar-refractivity contribution in [3.8, 4) is 0 Å². The Labute approximate surface area is 142 Å². The van der Waals surface area contributed by atoms with Crippen molar-refractivity contribution in [2.24, 2.45) is 0 Å². The van der Waals surface area contributed by atoms with Crippen LogP contribution in [0.5, 0.6) is 0 Å². The van der Waals surface area contributed by atoms with Crippen LogP contribution in [-0.4, -0.2) is 39.6 Å². The van der Waals surface area contributed by atoms with Crippen LogP contribution in [0.4, 0.5) is 0 Å². The van der Waals surface area contributed by atoms with Crippen molar-refractivity contribution >= 4 is 31.1 Å². The molecule has 23 heavy (non-hydrogen) atoms. The second-order valence-corrected chi connectivity index (χ2v) is 8.11. The van der Waals surface area contributed by atoms with E-state index in [-0.39, 0.29) is 5.97 Å². The molecule has 1 aromatic carbocycles. The number of rotatable bonds is 4. The van der Waals surface area contributed by atoms with E-state index in [1.807, 2.05) is 18.2 Å². The first-order valence-corrected chi connectivity index (χ1v) is 9.30. The third-order valence-electron chi connectivity index (χ3n) is 3.67. The number of carbonyl (C=O) groups is 1. The monoisotopic (exact) mass is 374 g/mol. The summed E-state index contributed by atoms with van der Waals surface area (Å²) in [6.45, 7) is 0.861. The molecule has 0 spiro atoms. The van der Waals surface area contributed by atoms with E-state index in [0.29, 0.717) is 19.8 Å². The van der Waals surface area contributed by atoms with Gasteiger partial charge in [-0.2, -0.15) is 0 Å². The fourth-order valence-corrected chi connectivity index (χ4v) is 4.94. The average Bonchev–Trinajstić information content (AvgIpc) is 2.62. The molecule has 0 fully saturated rings. The van der Waals surface area contributed by atoms with Crippen LogP contribution in [0.2, 0.25) is 4.82 Å². The van der Waals surface area contributed by atoms with Crippen molar-refractivity contribution in [2.75, 3.05) is 13.7 Å². The van der Waals surface area contributed by atoms with Gasteiger partial charge in [-0.05, 0) is 0 Å². The molecule has 3 rings (SSSR count). The van der Waals surface area contributed by atoms with Crippen LogP contribution in [0.15, 0.2) is 60.4 Å². The number of nitrogens with zero attached hydrogens (tertiary/aromatic N) is 1. The molecular weight excluding hydrogens is 355 g/mol. The van der Waals surface area contributed by atoms with Crippen LogP contribution in [0.3, 0.4) is 0 Å². The molecule has 0 aliphatic carbocycles. The van der Waals surface area contributed by atoms with Gasteiger partial charge >= 0.3 is 142 Å². The van der Waals surface area contributed by atoms with Gasteiger partial charge in [-0.3, -0.25) is 0 Å². The summed E-state index contributed by atoms with van der Waals surface area (Å²) in [5, 5.41) is 3.43. The van der Waals surface area contributed by atoms with Crippen molar-refractivity contribution in [3.05, 3.63) is 66.0 Å². The normalized spacial score (nSPS) is 17.5. The Morgan fingerprint density at radius 1 is 1.26 bits per heavy atom. The minimum absolute atomic E-state index is 0.259. The molecule has 1 aliphatic heterocycles. The maximum absolute atomic E-state index is 12.2. The number of aromatic nitrogens is 1. The minimum atomic E-state index is -0.259. The number of esters is 1. The van der Waals surface area contributed by atoms with Gasteiger partial charge in [0.25, 0.3) is 0 Å². The van der Waals surface area contributed by atoms with Crippen LogP contribution in [0.25, 0.3) is 5.70 Å². The van der Waals surface area contributed by atoms with E-state index >= 15 is 0 Å². The zero-order chi connectivity index (χ0) is 16.1. The van der Waals surface area contributed by atoms with Gasteiger partial charge in [0.2, 0.25) is 0 Å². The summed E-state index contributed by atoms with van der Waals surface area (Å²) in [6.07, 6.45) is 4.23. The van der Waals surface area contributed by atoms with E-state index in [4.69, 9.17) is 4.74 Å². The van der Waals surface area contributed by atoms with Crippen molar-refractivity contribution in [1.29, 1.82) is 0 Å². The van der Waals surface area contributed by atoms with Crippen LogP contribution in [-0.2, 0) is 9.53 Å². The second kappa shape index (κ2) is 7.44. The summed E-state index contributed by atoms with van der Waals surface area (Å²) in [7, 11) is 1.43. The van der Waals surface area contributed by atoms with Crippen molar-refractivity contribution in [3.63, 3.8) is 0 Å². The first-order valence-electron chi connectivity index (χ1n) is 7.45. The molecule has 0 saturated carbocycles. The maximum atomic E-state index is 12.2. The summed E-state index contributed by atoms with van der Waals surface area (Å²) >= 11 is 0.313. The first kappa shape index (κ1) is 15.8. The Morgan fingerprint density at radius 2 is 2.09 bits per heavy atom. The molecule has 1 unspecified atom stereocenters. The molecule has 0 bridgehead atoms. The standard InChI is InChI=1S/C18H18N2O2Se/c1-22-18(21)16-10-15(23-14-7-3-2-4-8-14)12-20-17(16)13-6-5-9-19-11-13/h2-9,11,15,20H,10,12H2,1H3.